The zero-order valence-electron chi connectivity index (χ0n) is 11.5. The average molecular weight is 243 g/mol. The highest BCUT2D eigenvalue weighted by atomic mass is 15.2. The van der Waals surface area contributed by atoms with Crippen molar-refractivity contribution < 1.29 is 0 Å². The van der Waals surface area contributed by atoms with E-state index in [0.717, 1.165) is 12.5 Å². The van der Waals surface area contributed by atoms with Gasteiger partial charge in [-0.3, -0.25) is 0 Å². The van der Waals surface area contributed by atoms with Crippen LogP contribution in [-0.4, -0.2) is 12.6 Å². The molecular formula is C17H25N. The predicted molar refractivity (Wildman–Crippen MR) is 80.0 cm³/mol. The van der Waals surface area contributed by atoms with E-state index in [1.54, 1.807) is 0 Å². The number of rotatable bonds is 5. The Morgan fingerprint density at radius 2 is 1.83 bits per heavy atom. The fourth-order valence-electron chi connectivity index (χ4n) is 3.09. The number of benzene rings is 1. The molecule has 1 saturated carbocycles. The normalized spacial score (nSPS) is 23.6. The summed E-state index contributed by atoms with van der Waals surface area (Å²) >= 11 is 0. The lowest BCUT2D eigenvalue weighted by atomic mass is 9.84. The van der Waals surface area contributed by atoms with Crippen molar-refractivity contribution in [1.29, 1.82) is 0 Å². The van der Waals surface area contributed by atoms with Gasteiger partial charge in [0.2, 0.25) is 0 Å². The number of hydrogen-bond donors (Lipinski definition) is 0. The fraction of sp³-hybridized carbons (Fsp3) is 0.529. The monoisotopic (exact) mass is 243 g/mol. The summed E-state index contributed by atoms with van der Waals surface area (Å²) in [6.45, 7) is 7.20. The second kappa shape index (κ2) is 6.63. The summed E-state index contributed by atoms with van der Waals surface area (Å²) in [5.74, 6) is 0.961. The van der Waals surface area contributed by atoms with Crippen LogP contribution in [0.15, 0.2) is 43.0 Å². The van der Waals surface area contributed by atoms with Crippen LogP contribution in [0.3, 0.4) is 0 Å². The molecule has 0 amide bonds. The van der Waals surface area contributed by atoms with Gasteiger partial charge in [-0.25, -0.2) is 0 Å². The Hall–Kier alpha value is -1.24. The summed E-state index contributed by atoms with van der Waals surface area (Å²) < 4.78 is 0. The third-order valence-corrected chi connectivity index (χ3v) is 4.25. The summed E-state index contributed by atoms with van der Waals surface area (Å²) in [5.41, 5.74) is 1.34. The van der Waals surface area contributed by atoms with Gasteiger partial charge in [0.15, 0.2) is 0 Å². The van der Waals surface area contributed by atoms with Gasteiger partial charge in [-0.1, -0.05) is 37.6 Å². The second-order valence-corrected chi connectivity index (χ2v) is 5.36. The van der Waals surface area contributed by atoms with Gasteiger partial charge in [0.25, 0.3) is 0 Å². The van der Waals surface area contributed by atoms with Crippen molar-refractivity contribution in [2.45, 2.75) is 45.1 Å². The van der Waals surface area contributed by atoms with E-state index in [4.69, 9.17) is 0 Å². The van der Waals surface area contributed by atoms with Crippen LogP contribution in [0.1, 0.15) is 39.0 Å². The van der Waals surface area contributed by atoms with Gasteiger partial charge in [0.1, 0.15) is 0 Å². The molecule has 18 heavy (non-hydrogen) atoms. The molecule has 0 radical (unpaired) electrons. The molecule has 0 aromatic heterocycles. The van der Waals surface area contributed by atoms with Gasteiger partial charge in [-0.05, 0) is 43.7 Å². The van der Waals surface area contributed by atoms with Gasteiger partial charge < -0.3 is 4.90 Å². The van der Waals surface area contributed by atoms with E-state index in [0.29, 0.717) is 6.04 Å². The quantitative estimate of drug-likeness (QED) is 0.680. The zero-order valence-corrected chi connectivity index (χ0v) is 11.5. The Labute approximate surface area is 112 Å². The molecule has 0 unspecified atom stereocenters. The van der Waals surface area contributed by atoms with Crippen molar-refractivity contribution in [1.82, 2.24) is 0 Å². The van der Waals surface area contributed by atoms with Crippen molar-refractivity contribution in [2.24, 2.45) is 5.92 Å². The molecule has 1 aromatic rings. The number of nitrogens with zero attached hydrogens (tertiary/aromatic N) is 1. The maximum Gasteiger partial charge on any atom is 0.0371 e. The maximum absolute atomic E-state index is 3.91. The van der Waals surface area contributed by atoms with E-state index in [1.165, 1.54) is 37.8 Å². The lowest BCUT2D eigenvalue weighted by molar-refractivity contribution is 0.311. The largest absolute Gasteiger partial charge is 0.365 e. The van der Waals surface area contributed by atoms with E-state index < -0.39 is 0 Å². The first kappa shape index (κ1) is 13.2. The van der Waals surface area contributed by atoms with Crippen LogP contribution in [0, 0.1) is 5.92 Å². The molecule has 1 fully saturated rings. The van der Waals surface area contributed by atoms with E-state index in [2.05, 4.69) is 48.7 Å². The molecule has 0 heterocycles. The molecule has 0 spiro atoms. The first-order valence-electron chi connectivity index (χ1n) is 7.27. The van der Waals surface area contributed by atoms with Crippen molar-refractivity contribution >= 4 is 5.69 Å². The van der Waals surface area contributed by atoms with Gasteiger partial charge in [0, 0.05) is 18.3 Å². The number of para-hydroxylation sites is 1. The van der Waals surface area contributed by atoms with Gasteiger partial charge in [-0.15, -0.1) is 6.58 Å². The molecule has 0 bridgehead atoms. The molecule has 0 aliphatic heterocycles. The second-order valence-electron chi connectivity index (χ2n) is 5.36. The molecule has 0 N–H and O–H groups in total. The maximum atomic E-state index is 3.91. The molecular weight excluding hydrogens is 218 g/mol. The molecule has 0 saturated heterocycles. The van der Waals surface area contributed by atoms with Gasteiger partial charge in [0.05, 0.1) is 0 Å². The van der Waals surface area contributed by atoms with Gasteiger partial charge in [-0.2, -0.15) is 0 Å². The van der Waals surface area contributed by atoms with E-state index in [9.17, 15) is 0 Å². The van der Waals surface area contributed by atoms with E-state index >= 15 is 0 Å². The van der Waals surface area contributed by atoms with Crippen LogP contribution in [0.25, 0.3) is 0 Å². The molecule has 1 aliphatic rings. The Balaban J connectivity index is 2.05. The average Bonchev–Trinajstić information content (AvgIpc) is 2.46. The standard InChI is InChI=1S/C17H25N/c1-3-14-18(16-8-6-5-7-9-16)17-12-10-15(4-2)11-13-17/h3,5-9,15,17H,1,4,10-14H2,2H3. The minimum atomic E-state index is 0.702. The third kappa shape index (κ3) is 3.16. The van der Waals surface area contributed by atoms with Crippen LogP contribution in [0.2, 0.25) is 0 Å². The first-order chi connectivity index (χ1) is 8.85. The Kier molecular flexibility index (Phi) is 4.86. The molecule has 2 rings (SSSR count). The van der Waals surface area contributed by atoms with Crippen LogP contribution >= 0.6 is 0 Å². The third-order valence-electron chi connectivity index (χ3n) is 4.25. The van der Waals surface area contributed by atoms with Crippen molar-refractivity contribution in [3.05, 3.63) is 43.0 Å². The molecule has 98 valence electrons. The fourth-order valence-corrected chi connectivity index (χ4v) is 3.09. The van der Waals surface area contributed by atoms with Gasteiger partial charge >= 0.3 is 0 Å². The summed E-state index contributed by atoms with van der Waals surface area (Å²) in [7, 11) is 0. The van der Waals surface area contributed by atoms with Crippen LogP contribution in [0.5, 0.6) is 0 Å². The Morgan fingerprint density at radius 1 is 1.17 bits per heavy atom. The zero-order chi connectivity index (χ0) is 12.8. The van der Waals surface area contributed by atoms with E-state index in [1.807, 2.05) is 6.08 Å². The molecule has 1 aromatic carbocycles. The minimum absolute atomic E-state index is 0.702. The highest BCUT2D eigenvalue weighted by Gasteiger charge is 2.24. The Bertz CT molecular complexity index is 349. The van der Waals surface area contributed by atoms with Crippen molar-refractivity contribution in [2.75, 3.05) is 11.4 Å². The number of hydrogen-bond acceptors (Lipinski definition) is 1. The van der Waals surface area contributed by atoms with Crippen LogP contribution < -0.4 is 4.90 Å². The van der Waals surface area contributed by atoms with Crippen LogP contribution in [-0.2, 0) is 0 Å². The Morgan fingerprint density at radius 3 is 2.39 bits per heavy atom. The minimum Gasteiger partial charge on any atom is -0.365 e. The van der Waals surface area contributed by atoms with Crippen molar-refractivity contribution in [3.8, 4) is 0 Å². The summed E-state index contributed by atoms with van der Waals surface area (Å²) in [4.78, 5) is 2.53. The topological polar surface area (TPSA) is 3.24 Å². The lowest BCUT2D eigenvalue weighted by Gasteiger charge is -2.37. The molecule has 1 heteroatoms. The molecule has 0 atom stereocenters. The predicted octanol–water partition coefficient (Wildman–Crippen LogP) is 4.65. The summed E-state index contributed by atoms with van der Waals surface area (Å²) in [6, 6.07) is 11.5. The summed E-state index contributed by atoms with van der Waals surface area (Å²) in [6.07, 6.45) is 8.82. The highest BCUT2D eigenvalue weighted by Crippen LogP contribution is 2.31. The lowest BCUT2D eigenvalue weighted by Crippen LogP contribution is -2.38. The molecule has 1 aliphatic carbocycles. The highest BCUT2D eigenvalue weighted by molar-refractivity contribution is 5.47. The number of anilines is 1. The van der Waals surface area contributed by atoms with Crippen LogP contribution in [0.4, 0.5) is 5.69 Å². The van der Waals surface area contributed by atoms with E-state index in [-0.39, 0.29) is 0 Å². The van der Waals surface area contributed by atoms with Crippen molar-refractivity contribution in [3.63, 3.8) is 0 Å². The SMILES string of the molecule is C=CCN(c1ccccc1)C1CCC(CC)CC1. The summed E-state index contributed by atoms with van der Waals surface area (Å²) in [5, 5.41) is 0. The molecule has 1 nitrogen and oxygen atoms in total. The smallest absolute Gasteiger partial charge is 0.0371 e. The first-order valence-corrected chi connectivity index (χ1v) is 7.27.